The summed E-state index contributed by atoms with van der Waals surface area (Å²) < 4.78 is 0. The fourth-order valence-electron chi connectivity index (χ4n) is 1.35. The zero-order valence-electron chi connectivity index (χ0n) is 11.4. The minimum Gasteiger partial charge on any atom is -0.724 e. The molecule has 0 saturated carbocycles. The Kier molecular flexibility index (Phi) is 12.8. The predicted octanol–water partition coefficient (Wildman–Crippen LogP) is 2.54. The molecule has 0 bridgehead atoms. The topological polar surface area (TPSA) is 105 Å². The van der Waals surface area contributed by atoms with Crippen molar-refractivity contribution in [1.29, 1.82) is 0 Å². The maximum Gasteiger partial charge on any atom is 2.00 e. The molecule has 0 saturated heterocycles. The van der Waals surface area contributed by atoms with Gasteiger partial charge in [-0.05, 0) is 61.4 Å². The van der Waals surface area contributed by atoms with Crippen molar-refractivity contribution in [1.82, 2.24) is 9.97 Å². The van der Waals surface area contributed by atoms with Crippen molar-refractivity contribution >= 4 is 12.2 Å². The van der Waals surface area contributed by atoms with Gasteiger partial charge < -0.3 is 10.8 Å². The maximum atomic E-state index is 8.24. The van der Waals surface area contributed by atoms with Gasteiger partial charge in [0.15, 0.2) is 0 Å². The predicted molar refractivity (Wildman–Crippen MR) is 75.0 cm³/mol. The van der Waals surface area contributed by atoms with Crippen LogP contribution in [0.25, 0.3) is 22.2 Å². The van der Waals surface area contributed by atoms with Gasteiger partial charge in [-0.25, -0.2) is 0 Å². The van der Waals surface area contributed by atoms with E-state index in [4.69, 9.17) is 20.4 Å². The van der Waals surface area contributed by atoms with E-state index in [2.05, 4.69) is 23.8 Å². The summed E-state index contributed by atoms with van der Waals surface area (Å²) in [4.78, 5) is 25.0. The Morgan fingerprint density at radius 3 is 1.38 bits per heavy atom. The Morgan fingerprint density at radius 2 is 1.14 bits per heavy atom. The quantitative estimate of drug-likeness (QED) is 0.479. The fraction of sp³-hybridized carbons (Fsp3) is 0.143. The van der Waals surface area contributed by atoms with Gasteiger partial charge in [0.25, 0.3) is 0 Å². The Bertz CT molecular complexity index is 564. The second-order valence-corrected chi connectivity index (χ2v) is 3.62. The van der Waals surface area contributed by atoms with E-state index >= 15 is 0 Å². The molecule has 0 fully saturated rings. The van der Waals surface area contributed by atoms with E-state index in [9.17, 15) is 0 Å². The molecular formula is C14H12N4O2Pt. The van der Waals surface area contributed by atoms with Crippen LogP contribution in [-0.4, -0.2) is 22.1 Å². The van der Waals surface area contributed by atoms with Crippen molar-refractivity contribution < 1.29 is 30.7 Å². The number of pyridine rings is 2. The van der Waals surface area contributed by atoms with E-state index < -0.39 is 0 Å². The standard InChI is InChI=1S/C12H12N2.2CNO.Pt/c1-9-3-5-13-11(7-9)12-8-10(2)4-6-14-12;2*2-1-3;/h3-8H,1-2H3;;;/q;2*-1;+2. The first-order valence-electron chi connectivity index (χ1n) is 5.47. The molecule has 0 radical (unpaired) electrons. The molecule has 0 amide bonds. The zero-order chi connectivity index (χ0) is 15.4. The summed E-state index contributed by atoms with van der Waals surface area (Å²) in [6.45, 7) is 4.11. The number of hydrogen-bond donors (Lipinski definition) is 0. The summed E-state index contributed by atoms with van der Waals surface area (Å²) in [5, 5.41) is 13.5. The van der Waals surface area contributed by atoms with Gasteiger partial charge in [-0.2, -0.15) is 0 Å². The van der Waals surface area contributed by atoms with Crippen LogP contribution in [-0.2, 0) is 30.7 Å². The molecule has 110 valence electrons. The third kappa shape index (κ3) is 9.31. The molecule has 2 aromatic heterocycles. The van der Waals surface area contributed by atoms with Crippen LogP contribution in [0.5, 0.6) is 0 Å². The third-order valence-electron chi connectivity index (χ3n) is 2.09. The number of nitrogens with zero attached hydrogens (tertiary/aromatic N) is 4. The van der Waals surface area contributed by atoms with Crippen molar-refractivity contribution in [3.05, 3.63) is 58.6 Å². The first-order valence-corrected chi connectivity index (χ1v) is 5.47. The van der Waals surface area contributed by atoms with Crippen molar-refractivity contribution in [3.8, 4) is 11.4 Å². The minimum atomic E-state index is 0. The molecule has 0 N–H and O–H groups in total. The van der Waals surface area contributed by atoms with Gasteiger partial charge >= 0.3 is 21.1 Å². The number of aryl methyl sites for hydroxylation is 2. The van der Waals surface area contributed by atoms with Crippen LogP contribution in [0.15, 0.2) is 36.7 Å². The Labute approximate surface area is 136 Å². The van der Waals surface area contributed by atoms with Crippen LogP contribution in [0.3, 0.4) is 0 Å². The average molecular weight is 463 g/mol. The number of aromatic nitrogens is 2. The largest absolute Gasteiger partial charge is 2.00 e. The van der Waals surface area contributed by atoms with E-state index in [0.717, 1.165) is 11.4 Å². The molecule has 2 aromatic rings. The molecule has 2 heterocycles. The van der Waals surface area contributed by atoms with Crippen LogP contribution in [0.2, 0.25) is 0 Å². The molecule has 0 aliphatic heterocycles. The molecule has 0 aliphatic carbocycles. The molecule has 2 rings (SSSR count). The normalized spacial score (nSPS) is 7.52. The number of rotatable bonds is 1. The van der Waals surface area contributed by atoms with Crippen molar-refractivity contribution in [2.45, 2.75) is 13.8 Å². The monoisotopic (exact) mass is 463 g/mol. The summed E-state index contributed by atoms with van der Waals surface area (Å²) in [7, 11) is 0. The fourth-order valence-corrected chi connectivity index (χ4v) is 1.35. The summed E-state index contributed by atoms with van der Waals surface area (Å²) in [6.07, 6.45) is 4.63. The molecule has 0 spiro atoms. The van der Waals surface area contributed by atoms with Crippen LogP contribution in [0.1, 0.15) is 11.1 Å². The van der Waals surface area contributed by atoms with Crippen molar-refractivity contribution in [2.75, 3.05) is 0 Å². The maximum absolute atomic E-state index is 8.24. The second-order valence-electron chi connectivity index (χ2n) is 3.62. The van der Waals surface area contributed by atoms with E-state index in [1.807, 2.05) is 36.7 Å². The molecule has 0 atom stereocenters. The molecule has 0 aromatic carbocycles. The van der Waals surface area contributed by atoms with Gasteiger partial charge in [0.2, 0.25) is 0 Å². The number of carbonyl (C=O) groups excluding carboxylic acids is 2. The molecule has 21 heavy (non-hydrogen) atoms. The van der Waals surface area contributed by atoms with Crippen LogP contribution in [0, 0.1) is 13.8 Å². The zero-order valence-corrected chi connectivity index (χ0v) is 13.7. The van der Waals surface area contributed by atoms with E-state index in [-0.39, 0.29) is 21.1 Å². The minimum absolute atomic E-state index is 0. The Hall–Kier alpha value is -2.25. The van der Waals surface area contributed by atoms with Crippen molar-refractivity contribution in [2.24, 2.45) is 0 Å². The van der Waals surface area contributed by atoms with E-state index in [0.29, 0.717) is 12.2 Å². The SMILES string of the molecule is Cc1ccnc(-c2cc(C)ccn2)c1.[N-]=C=O.[N-]=C=O.[Pt+2]. The van der Waals surface area contributed by atoms with E-state index in [1.54, 1.807) is 0 Å². The van der Waals surface area contributed by atoms with Gasteiger partial charge in [0.05, 0.1) is 11.4 Å². The van der Waals surface area contributed by atoms with E-state index in [1.165, 1.54) is 11.1 Å². The van der Waals surface area contributed by atoms with Gasteiger partial charge in [-0.1, -0.05) is 0 Å². The summed E-state index contributed by atoms with van der Waals surface area (Å²) in [6, 6.07) is 8.06. The number of isocyanates is 2. The van der Waals surface area contributed by atoms with Crippen LogP contribution < -0.4 is 0 Å². The summed E-state index contributed by atoms with van der Waals surface area (Å²) in [5.74, 6) is 0. The van der Waals surface area contributed by atoms with Crippen LogP contribution >= 0.6 is 0 Å². The Balaban J connectivity index is 0. The van der Waals surface area contributed by atoms with Gasteiger partial charge in [-0.3, -0.25) is 19.6 Å². The molecule has 0 unspecified atom stereocenters. The summed E-state index contributed by atoms with van der Waals surface area (Å²) >= 11 is 0. The summed E-state index contributed by atoms with van der Waals surface area (Å²) in [5.41, 5.74) is 4.29. The van der Waals surface area contributed by atoms with Crippen molar-refractivity contribution in [3.63, 3.8) is 0 Å². The first-order chi connectivity index (χ1) is 9.58. The molecule has 0 aliphatic rings. The second kappa shape index (κ2) is 12.8. The van der Waals surface area contributed by atoms with Gasteiger partial charge in [0.1, 0.15) is 0 Å². The number of hydrogen-bond acceptors (Lipinski definition) is 4. The average Bonchev–Trinajstić information content (AvgIpc) is 2.40. The molecular weight excluding hydrogens is 451 g/mol. The Morgan fingerprint density at radius 1 is 0.857 bits per heavy atom. The molecule has 7 heteroatoms. The van der Waals surface area contributed by atoms with Crippen LogP contribution in [0.4, 0.5) is 0 Å². The van der Waals surface area contributed by atoms with Gasteiger partial charge in [-0.15, -0.1) is 0 Å². The molecule has 6 nitrogen and oxygen atoms in total. The smallest absolute Gasteiger partial charge is 0.724 e. The van der Waals surface area contributed by atoms with Gasteiger partial charge in [0, 0.05) is 12.4 Å². The third-order valence-corrected chi connectivity index (χ3v) is 2.09. The first kappa shape index (κ1) is 21.1.